The van der Waals surface area contributed by atoms with Crippen LogP contribution in [0.5, 0.6) is 0 Å². The van der Waals surface area contributed by atoms with Crippen LogP contribution in [0.2, 0.25) is 0 Å². The Morgan fingerprint density at radius 1 is 1.33 bits per heavy atom. The van der Waals surface area contributed by atoms with Crippen LogP contribution in [0, 0.1) is 13.8 Å². The highest BCUT2D eigenvalue weighted by molar-refractivity contribution is 5.41. The molecule has 0 spiro atoms. The van der Waals surface area contributed by atoms with Crippen molar-refractivity contribution in [1.82, 2.24) is 20.1 Å². The van der Waals surface area contributed by atoms with Gasteiger partial charge in [0.2, 0.25) is 0 Å². The first-order valence-corrected chi connectivity index (χ1v) is 6.32. The van der Waals surface area contributed by atoms with Crippen LogP contribution in [0.25, 0.3) is 5.69 Å². The first-order chi connectivity index (χ1) is 8.69. The normalized spacial score (nSPS) is 10.9. The SMILES string of the molecule is CCc1c(C)nn(-c2cnccc2CNC)c1C. The monoisotopic (exact) mass is 244 g/mol. The Kier molecular flexibility index (Phi) is 3.77. The van der Waals surface area contributed by atoms with Gasteiger partial charge in [-0.3, -0.25) is 4.98 Å². The van der Waals surface area contributed by atoms with Crippen molar-refractivity contribution in [2.24, 2.45) is 0 Å². The molecule has 1 N–H and O–H groups in total. The summed E-state index contributed by atoms with van der Waals surface area (Å²) < 4.78 is 2.01. The molecule has 2 aromatic heterocycles. The number of nitrogens with one attached hydrogen (secondary N) is 1. The fraction of sp³-hybridized carbons (Fsp3) is 0.429. The zero-order chi connectivity index (χ0) is 13.1. The molecule has 0 atom stereocenters. The third kappa shape index (κ3) is 2.16. The summed E-state index contributed by atoms with van der Waals surface area (Å²) >= 11 is 0. The van der Waals surface area contributed by atoms with Crippen LogP contribution in [-0.4, -0.2) is 21.8 Å². The molecule has 0 saturated heterocycles. The third-order valence-corrected chi connectivity index (χ3v) is 3.28. The highest BCUT2D eigenvalue weighted by Crippen LogP contribution is 2.20. The maximum atomic E-state index is 4.64. The molecule has 0 saturated carbocycles. The van der Waals surface area contributed by atoms with E-state index in [1.807, 2.05) is 30.2 Å². The Labute approximate surface area is 108 Å². The molecule has 2 rings (SSSR count). The summed E-state index contributed by atoms with van der Waals surface area (Å²) in [7, 11) is 1.95. The van der Waals surface area contributed by atoms with Gasteiger partial charge in [0.25, 0.3) is 0 Å². The second-order valence-corrected chi connectivity index (χ2v) is 4.45. The second-order valence-electron chi connectivity index (χ2n) is 4.45. The van der Waals surface area contributed by atoms with Gasteiger partial charge in [-0.2, -0.15) is 5.10 Å². The molecule has 18 heavy (non-hydrogen) atoms. The summed E-state index contributed by atoms with van der Waals surface area (Å²) in [6, 6.07) is 2.04. The molecule has 0 radical (unpaired) electrons. The summed E-state index contributed by atoms with van der Waals surface area (Å²) in [4.78, 5) is 4.22. The van der Waals surface area contributed by atoms with Gasteiger partial charge >= 0.3 is 0 Å². The molecule has 0 aliphatic carbocycles. The van der Waals surface area contributed by atoms with Crippen molar-refractivity contribution in [2.75, 3.05) is 7.05 Å². The molecule has 0 amide bonds. The van der Waals surface area contributed by atoms with Gasteiger partial charge in [-0.15, -0.1) is 0 Å². The summed E-state index contributed by atoms with van der Waals surface area (Å²) in [5.74, 6) is 0. The summed E-state index contributed by atoms with van der Waals surface area (Å²) in [5.41, 5.74) is 5.91. The van der Waals surface area contributed by atoms with Crippen molar-refractivity contribution in [1.29, 1.82) is 0 Å². The summed E-state index contributed by atoms with van der Waals surface area (Å²) in [5, 5.41) is 7.82. The van der Waals surface area contributed by atoms with Gasteiger partial charge in [0, 0.05) is 18.4 Å². The lowest BCUT2D eigenvalue weighted by Crippen LogP contribution is -2.11. The number of hydrogen-bond acceptors (Lipinski definition) is 3. The second kappa shape index (κ2) is 5.31. The molecule has 4 heteroatoms. The molecule has 0 bridgehead atoms. The fourth-order valence-corrected chi connectivity index (χ4v) is 2.37. The molecular formula is C14H20N4. The van der Waals surface area contributed by atoms with Crippen molar-refractivity contribution >= 4 is 0 Å². The van der Waals surface area contributed by atoms with Crippen LogP contribution in [0.15, 0.2) is 18.5 Å². The minimum atomic E-state index is 0.817. The van der Waals surface area contributed by atoms with Crippen molar-refractivity contribution in [3.63, 3.8) is 0 Å². The Morgan fingerprint density at radius 2 is 2.11 bits per heavy atom. The van der Waals surface area contributed by atoms with Crippen LogP contribution in [0.3, 0.4) is 0 Å². The van der Waals surface area contributed by atoms with E-state index in [1.54, 1.807) is 0 Å². The van der Waals surface area contributed by atoms with Gasteiger partial charge in [0.05, 0.1) is 17.6 Å². The van der Waals surface area contributed by atoms with Crippen molar-refractivity contribution in [2.45, 2.75) is 33.7 Å². The van der Waals surface area contributed by atoms with Gasteiger partial charge < -0.3 is 5.32 Å². The van der Waals surface area contributed by atoms with Crippen molar-refractivity contribution < 1.29 is 0 Å². The number of rotatable bonds is 4. The number of nitrogens with zero attached hydrogens (tertiary/aromatic N) is 3. The Bertz CT molecular complexity index is 543. The number of aromatic nitrogens is 3. The molecule has 0 aliphatic heterocycles. The maximum Gasteiger partial charge on any atom is 0.0876 e. The van der Waals surface area contributed by atoms with Gasteiger partial charge in [0.15, 0.2) is 0 Å². The summed E-state index contributed by atoms with van der Waals surface area (Å²) in [6.07, 6.45) is 4.72. The maximum absolute atomic E-state index is 4.64. The number of hydrogen-bond donors (Lipinski definition) is 1. The topological polar surface area (TPSA) is 42.7 Å². The van der Waals surface area contributed by atoms with E-state index in [0.717, 1.165) is 24.3 Å². The molecular weight excluding hydrogens is 224 g/mol. The van der Waals surface area contributed by atoms with Gasteiger partial charge in [-0.05, 0) is 44.5 Å². The van der Waals surface area contributed by atoms with E-state index in [-0.39, 0.29) is 0 Å². The molecule has 0 fully saturated rings. The number of pyridine rings is 1. The van der Waals surface area contributed by atoms with E-state index >= 15 is 0 Å². The Balaban J connectivity index is 2.55. The average molecular weight is 244 g/mol. The minimum Gasteiger partial charge on any atom is -0.316 e. The average Bonchev–Trinajstić information content (AvgIpc) is 2.65. The molecule has 96 valence electrons. The van der Waals surface area contributed by atoms with E-state index in [9.17, 15) is 0 Å². The molecule has 0 unspecified atom stereocenters. The largest absolute Gasteiger partial charge is 0.316 e. The summed E-state index contributed by atoms with van der Waals surface area (Å²) in [6.45, 7) is 7.17. The van der Waals surface area contributed by atoms with Crippen LogP contribution in [0.4, 0.5) is 0 Å². The van der Waals surface area contributed by atoms with Gasteiger partial charge in [-0.25, -0.2) is 4.68 Å². The first-order valence-electron chi connectivity index (χ1n) is 6.32. The standard InChI is InChI=1S/C14H20N4/c1-5-13-10(2)17-18(11(13)3)14-9-16-7-6-12(14)8-15-4/h6-7,9,15H,5,8H2,1-4H3. The van der Waals surface area contributed by atoms with Gasteiger partial charge in [-0.1, -0.05) is 6.92 Å². The van der Waals surface area contributed by atoms with E-state index in [4.69, 9.17) is 0 Å². The fourth-order valence-electron chi connectivity index (χ4n) is 2.37. The molecule has 4 nitrogen and oxygen atoms in total. The lowest BCUT2D eigenvalue weighted by Gasteiger charge is -2.10. The van der Waals surface area contributed by atoms with E-state index in [1.165, 1.54) is 16.8 Å². The predicted octanol–water partition coefficient (Wildman–Crippen LogP) is 2.17. The van der Waals surface area contributed by atoms with E-state index in [0.29, 0.717) is 0 Å². The predicted molar refractivity (Wildman–Crippen MR) is 73.0 cm³/mol. The lowest BCUT2D eigenvalue weighted by atomic mass is 10.1. The quantitative estimate of drug-likeness (QED) is 0.896. The molecule has 2 heterocycles. The lowest BCUT2D eigenvalue weighted by molar-refractivity contribution is 0.770. The van der Waals surface area contributed by atoms with Gasteiger partial charge in [0.1, 0.15) is 0 Å². The van der Waals surface area contributed by atoms with Crippen molar-refractivity contribution in [3.8, 4) is 5.69 Å². The number of aryl methyl sites for hydroxylation is 1. The van der Waals surface area contributed by atoms with E-state index in [2.05, 4.69) is 36.2 Å². The molecule has 0 aliphatic rings. The Morgan fingerprint density at radius 3 is 2.72 bits per heavy atom. The first kappa shape index (κ1) is 12.8. The van der Waals surface area contributed by atoms with Crippen LogP contribution in [0.1, 0.15) is 29.4 Å². The zero-order valence-corrected chi connectivity index (χ0v) is 11.5. The highest BCUT2D eigenvalue weighted by atomic mass is 15.3. The van der Waals surface area contributed by atoms with Crippen LogP contribution in [-0.2, 0) is 13.0 Å². The van der Waals surface area contributed by atoms with Crippen LogP contribution >= 0.6 is 0 Å². The molecule has 2 aromatic rings. The minimum absolute atomic E-state index is 0.817. The zero-order valence-electron chi connectivity index (χ0n) is 11.5. The van der Waals surface area contributed by atoms with Crippen LogP contribution < -0.4 is 5.32 Å². The third-order valence-electron chi connectivity index (χ3n) is 3.28. The Hall–Kier alpha value is -1.68. The smallest absolute Gasteiger partial charge is 0.0876 e. The van der Waals surface area contributed by atoms with E-state index < -0.39 is 0 Å². The van der Waals surface area contributed by atoms with Crippen molar-refractivity contribution in [3.05, 3.63) is 41.0 Å². The highest BCUT2D eigenvalue weighted by Gasteiger charge is 2.13. The molecule has 0 aromatic carbocycles.